The van der Waals surface area contributed by atoms with Crippen molar-refractivity contribution in [1.29, 1.82) is 0 Å². The first-order valence-corrected chi connectivity index (χ1v) is 16.6. The number of aliphatic hydroxyl groups excluding tert-OH is 1. The Bertz CT molecular complexity index is 1420. The van der Waals surface area contributed by atoms with Gasteiger partial charge in [-0.3, -0.25) is 13.9 Å². The van der Waals surface area contributed by atoms with Crippen LogP contribution in [0.5, 0.6) is 11.5 Å². The summed E-state index contributed by atoms with van der Waals surface area (Å²) in [6.07, 6.45) is 0.966. The number of benzene rings is 3. The van der Waals surface area contributed by atoms with E-state index in [0.29, 0.717) is 29.9 Å². The number of rotatable bonds is 14. The van der Waals surface area contributed by atoms with Gasteiger partial charge in [-0.1, -0.05) is 31.2 Å². The number of halogens is 2. The predicted octanol–water partition coefficient (Wildman–Crippen LogP) is 5.55. The molecule has 3 aromatic carbocycles. The molecule has 8 nitrogen and oxygen atoms in total. The molecule has 3 aromatic rings. The van der Waals surface area contributed by atoms with E-state index in [0.717, 1.165) is 34.7 Å². The summed E-state index contributed by atoms with van der Waals surface area (Å²) in [4.78, 5) is 13.0. The van der Waals surface area contributed by atoms with E-state index in [-0.39, 0.29) is 36.8 Å². The van der Waals surface area contributed by atoms with E-state index in [1.807, 2.05) is 37.3 Å². The van der Waals surface area contributed by atoms with Gasteiger partial charge < -0.3 is 25.2 Å². The van der Waals surface area contributed by atoms with E-state index < -0.39 is 40.4 Å². The third-order valence-corrected chi connectivity index (χ3v) is 9.53. The Kier molecular flexibility index (Phi) is 11.6. The first-order chi connectivity index (χ1) is 21.0. The number of ether oxygens (including phenoxy) is 2. The molecule has 44 heavy (non-hydrogen) atoms. The molecule has 1 aliphatic rings. The van der Waals surface area contributed by atoms with Crippen molar-refractivity contribution in [2.75, 3.05) is 26.5 Å². The minimum Gasteiger partial charge on any atom is -0.493 e. The van der Waals surface area contributed by atoms with Crippen LogP contribution in [-0.4, -0.2) is 58.8 Å². The lowest BCUT2D eigenvalue weighted by Gasteiger charge is -2.42. The van der Waals surface area contributed by atoms with Gasteiger partial charge in [-0.05, 0) is 77.8 Å². The van der Waals surface area contributed by atoms with Crippen molar-refractivity contribution in [2.45, 2.75) is 63.0 Å². The highest BCUT2D eigenvalue weighted by atomic mass is 32.3. The molecule has 0 saturated carbocycles. The molecule has 1 amide bonds. The molecule has 1 heterocycles. The lowest BCUT2D eigenvalue weighted by Crippen LogP contribution is -2.49. The second kappa shape index (κ2) is 15.2. The Labute approximate surface area is 259 Å². The molecule has 11 heteroatoms. The topological polar surface area (TPSA) is 120 Å². The molecule has 0 spiro atoms. The van der Waals surface area contributed by atoms with Gasteiger partial charge in [-0.2, -0.15) is 10.6 Å². The maximum atomic E-state index is 14.0. The van der Waals surface area contributed by atoms with Crippen molar-refractivity contribution in [3.8, 4) is 11.5 Å². The summed E-state index contributed by atoms with van der Waals surface area (Å²) in [7, 11) is 0.252. The summed E-state index contributed by atoms with van der Waals surface area (Å²) in [6, 6.07) is 13.3. The van der Waals surface area contributed by atoms with Crippen LogP contribution in [0.2, 0.25) is 0 Å². The molecule has 4 rings (SSSR count). The van der Waals surface area contributed by atoms with Crippen LogP contribution in [0.4, 0.5) is 8.78 Å². The van der Waals surface area contributed by atoms with Gasteiger partial charge in [0, 0.05) is 19.0 Å². The van der Waals surface area contributed by atoms with Gasteiger partial charge in [-0.15, -0.1) is 0 Å². The van der Waals surface area contributed by atoms with Crippen molar-refractivity contribution < 1.29 is 37.3 Å². The second-order valence-corrected chi connectivity index (χ2v) is 13.5. The number of carbonyl (C=O) groups excluding carboxylic acids is 1. The summed E-state index contributed by atoms with van der Waals surface area (Å²) >= 11 is 0. The number of aliphatic hydroxyl groups is 1. The van der Waals surface area contributed by atoms with Crippen molar-refractivity contribution >= 4 is 16.5 Å². The third-order valence-electron chi connectivity index (χ3n) is 7.89. The fraction of sp³-hybridized carbons (Fsp3) is 0.424. The van der Waals surface area contributed by atoms with Crippen molar-refractivity contribution in [1.82, 2.24) is 10.6 Å². The smallest absolute Gasteiger partial charge is 0.220 e. The number of hydrogen-bond acceptors (Lipinski definition) is 7. The average Bonchev–Trinajstić information content (AvgIpc) is 2.98. The highest BCUT2D eigenvalue weighted by Crippen LogP contribution is 2.50. The number of methoxy groups -OCH3 is 2. The number of amides is 1. The zero-order chi connectivity index (χ0) is 31.9. The highest BCUT2D eigenvalue weighted by Gasteiger charge is 2.31. The largest absolute Gasteiger partial charge is 0.493 e. The highest BCUT2D eigenvalue weighted by molar-refractivity contribution is 8.23. The number of fused-ring (bicyclic) bond motifs is 1. The van der Waals surface area contributed by atoms with Crippen LogP contribution in [-0.2, 0) is 29.8 Å². The average molecular weight is 633 g/mol. The van der Waals surface area contributed by atoms with Crippen LogP contribution in [0, 0.1) is 11.6 Å². The van der Waals surface area contributed by atoms with Gasteiger partial charge in [0.1, 0.15) is 11.6 Å². The Hall–Kier alpha value is -3.22. The van der Waals surface area contributed by atoms with E-state index in [2.05, 4.69) is 10.6 Å². The maximum absolute atomic E-state index is 14.0. The van der Waals surface area contributed by atoms with Crippen LogP contribution in [0.1, 0.15) is 53.6 Å². The summed E-state index contributed by atoms with van der Waals surface area (Å²) in [6.45, 7) is 2.05. The molecule has 0 unspecified atom stereocenters. The van der Waals surface area contributed by atoms with Gasteiger partial charge in [-0.25, -0.2) is 8.78 Å². The lowest BCUT2D eigenvalue weighted by atomic mass is 9.97. The van der Waals surface area contributed by atoms with Crippen LogP contribution in [0.25, 0.3) is 0 Å². The molecule has 0 bridgehead atoms. The van der Waals surface area contributed by atoms with Crippen LogP contribution >= 0.6 is 10.6 Å². The van der Waals surface area contributed by atoms with Crippen molar-refractivity contribution in [3.05, 3.63) is 94.0 Å². The molecule has 1 aliphatic heterocycles. The minimum absolute atomic E-state index is 0.00433. The normalized spacial score (nSPS) is 17.7. The lowest BCUT2D eigenvalue weighted by molar-refractivity contribution is -0.122. The zero-order valence-electron chi connectivity index (χ0n) is 25.3. The SMILES string of the molecule is CCc1ccc2c(c1)[C@@H](NC[C@H](O)[C@H](Cc1cc(F)cc(F)c1)NC(=O)CCCc1ccc(OC)c(OC)c1)CS(O)(O)C2. The van der Waals surface area contributed by atoms with Crippen molar-refractivity contribution in [3.63, 3.8) is 0 Å². The minimum atomic E-state index is -2.86. The molecule has 0 radical (unpaired) electrons. The van der Waals surface area contributed by atoms with Gasteiger partial charge in [0.2, 0.25) is 5.91 Å². The quantitative estimate of drug-likeness (QED) is 0.158. The summed E-state index contributed by atoms with van der Waals surface area (Å²) < 4.78 is 59.7. The Morgan fingerprint density at radius 3 is 2.36 bits per heavy atom. The van der Waals surface area contributed by atoms with E-state index in [9.17, 15) is 27.8 Å². The molecular formula is C33H42F2N2O6S. The summed E-state index contributed by atoms with van der Waals surface area (Å²) in [5.41, 5.74) is 4.17. The molecule has 0 saturated heterocycles. The fourth-order valence-corrected chi connectivity index (χ4v) is 7.30. The predicted molar refractivity (Wildman–Crippen MR) is 168 cm³/mol. The first kappa shape index (κ1) is 33.7. The van der Waals surface area contributed by atoms with Crippen molar-refractivity contribution in [2.24, 2.45) is 0 Å². The maximum Gasteiger partial charge on any atom is 0.220 e. The van der Waals surface area contributed by atoms with Gasteiger partial charge >= 0.3 is 0 Å². The molecule has 240 valence electrons. The van der Waals surface area contributed by atoms with E-state index in [1.165, 1.54) is 12.1 Å². The Balaban J connectivity index is 1.44. The molecule has 0 aliphatic carbocycles. The number of aryl methyl sites for hydroxylation is 2. The van der Waals surface area contributed by atoms with Crippen LogP contribution < -0.4 is 20.1 Å². The van der Waals surface area contributed by atoms with Gasteiger partial charge in [0.05, 0.1) is 43.9 Å². The second-order valence-electron chi connectivity index (χ2n) is 11.2. The van der Waals surface area contributed by atoms with Crippen LogP contribution in [0.15, 0.2) is 54.6 Å². The zero-order valence-corrected chi connectivity index (χ0v) is 26.1. The fourth-order valence-electron chi connectivity index (χ4n) is 5.59. The van der Waals surface area contributed by atoms with E-state index in [4.69, 9.17) is 9.47 Å². The summed E-state index contributed by atoms with van der Waals surface area (Å²) in [5, 5.41) is 17.4. The van der Waals surface area contributed by atoms with Crippen LogP contribution in [0.3, 0.4) is 0 Å². The summed E-state index contributed by atoms with van der Waals surface area (Å²) in [5.74, 6) is -0.313. The van der Waals surface area contributed by atoms with Gasteiger partial charge in [0.15, 0.2) is 11.5 Å². The van der Waals surface area contributed by atoms with E-state index >= 15 is 0 Å². The molecule has 5 N–H and O–H groups in total. The third kappa shape index (κ3) is 9.15. The molecule has 3 atom stereocenters. The Morgan fingerprint density at radius 1 is 0.977 bits per heavy atom. The van der Waals surface area contributed by atoms with E-state index in [1.54, 1.807) is 20.3 Å². The number of hydrogen-bond donors (Lipinski definition) is 5. The Morgan fingerprint density at radius 2 is 1.68 bits per heavy atom. The van der Waals surface area contributed by atoms with Gasteiger partial charge in [0.25, 0.3) is 0 Å². The number of carbonyl (C=O) groups is 1. The first-order valence-electron chi connectivity index (χ1n) is 14.7. The monoisotopic (exact) mass is 632 g/mol. The number of nitrogens with one attached hydrogen (secondary N) is 2. The molecule has 0 fully saturated rings. The standard InChI is InChI=1S/C33H42F2N2O6S/c1-4-21-8-10-24-19-44(40,41)20-29(27(24)14-21)36-18-30(38)28(15-23-12-25(34)17-26(35)13-23)37-33(39)7-5-6-22-9-11-31(42-2)32(16-22)43-3/h8-14,16-17,28-30,36,38,40-41H,4-7,15,18-20H2,1-3H3,(H,37,39)/t28-,29-,30-/m0/s1. The molecule has 0 aromatic heterocycles. The molecular weight excluding hydrogens is 590 g/mol.